The third-order valence-electron chi connectivity index (χ3n) is 2.93. The highest BCUT2D eigenvalue weighted by Crippen LogP contribution is 2.48. The van der Waals surface area contributed by atoms with E-state index in [0.717, 1.165) is 0 Å². The zero-order chi connectivity index (χ0) is 7.90. The Bertz CT molecular complexity index is 178. The van der Waals surface area contributed by atoms with Gasteiger partial charge in [-0.05, 0) is 19.8 Å². The van der Waals surface area contributed by atoms with Crippen molar-refractivity contribution in [3.63, 3.8) is 0 Å². The first-order chi connectivity index (χ1) is 5.26. The molecule has 0 unspecified atom stereocenters. The molecular weight excluding hydrogens is 156 g/mol. The number of carbonyl (C=O) groups excluding carboxylic acids is 1. The van der Waals surface area contributed by atoms with Crippen molar-refractivity contribution in [2.75, 3.05) is 11.5 Å². The standard InChI is InChI=1S/C9H15OS/c1-8(10)9(4-5-9)11-6-2-3-7-11/h2-7H2,1H3/q+1. The molecule has 1 aliphatic heterocycles. The number of rotatable bonds is 2. The Kier molecular flexibility index (Phi) is 1.75. The minimum atomic E-state index is 0.219. The molecule has 0 aromatic carbocycles. The molecule has 0 spiro atoms. The number of carbonyl (C=O) groups is 1. The van der Waals surface area contributed by atoms with Gasteiger partial charge in [-0.2, -0.15) is 0 Å². The lowest BCUT2D eigenvalue weighted by atomic mass is 10.3. The fraction of sp³-hybridized carbons (Fsp3) is 0.889. The Balaban J connectivity index is 2.07. The molecule has 1 nitrogen and oxygen atoms in total. The van der Waals surface area contributed by atoms with Crippen LogP contribution in [0.3, 0.4) is 0 Å². The maximum atomic E-state index is 11.3. The van der Waals surface area contributed by atoms with Crippen LogP contribution in [0.5, 0.6) is 0 Å². The summed E-state index contributed by atoms with van der Waals surface area (Å²) < 4.78 is 0.219. The zero-order valence-electron chi connectivity index (χ0n) is 7.06. The van der Waals surface area contributed by atoms with Gasteiger partial charge in [-0.1, -0.05) is 0 Å². The molecule has 1 saturated carbocycles. The molecule has 2 heteroatoms. The van der Waals surface area contributed by atoms with Crippen molar-refractivity contribution >= 4 is 16.7 Å². The summed E-state index contributed by atoms with van der Waals surface area (Å²) in [4.78, 5) is 11.3. The topological polar surface area (TPSA) is 17.1 Å². The van der Waals surface area contributed by atoms with Gasteiger partial charge in [0.05, 0.1) is 0 Å². The van der Waals surface area contributed by atoms with Crippen LogP contribution < -0.4 is 0 Å². The van der Waals surface area contributed by atoms with Crippen molar-refractivity contribution in [3.05, 3.63) is 0 Å². The highest BCUT2D eigenvalue weighted by atomic mass is 32.2. The van der Waals surface area contributed by atoms with E-state index in [0.29, 0.717) is 16.7 Å². The van der Waals surface area contributed by atoms with Gasteiger partial charge in [-0.25, -0.2) is 0 Å². The summed E-state index contributed by atoms with van der Waals surface area (Å²) in [6, 6.07) is 0. The summed E-state index contributed by atoms with van der Waals surface area (Å²) in [7, 11) is 0.494. The average Bonchev–Trinajstić information content (AvgIpc) is 2.61. The molecule has 0 radical (unpaired) electrons. The van der Waals surface area contributed by atoms with Crippen molar-refractivity contribution in [2.24, 2.45) is 0 Å². The summed E-state index contributed by atoms with van der Waals surface area (Å²) in [5.74, 6) is 3.17. The van der Waals surface area contributed by atoms with E-state index < -0.39 is 0 Å². The van der Waals surface area contributed by atoms with E-state index in [2.05, 4.69) is 0 Å². The summed E-state index contributed by atoms with van der Waals surface area (Å²) in [6.45, 7) is 1.79. The van der Waals surface area contributed by atoms with Gasteiger partial charge in [0.1, 0.15) is 11.5 Å². The fourth-order valence-corrected chi connectivity index (χ4v) is 5.18. The van der Waals surface area contributed by atoms with Crippen LogP contribution in [-0.2, 0) is 15.7 Å². The first-order valence-electron chi connectivity index (χ1n) is 4.44. The van der Waals surface area contributed by atoms with Gasteiger partial charge < -0.3 is 0 Å². The summed E-state index contributed by atoms with van der Waals surface area (Å²) in [5, 5.41) is 0. The van der Waals surface area contributed by atoms with Crippen molar-refractivity contribution in [3.8, 4) is 0 Å². The van der Waals surface area contributed by atoms with Crippen LogP contribution in [0.15, 0.2) is 0 Å². The largest absolute Gasteiger partial charge is 0.294 e. The molecule has 0 amide bonds. The zero-order valence-corrected chi connectivity index (χ0v) is 7.88. The van der Waals surface area contributed by atoms with E-state index in [9.17, 15) is 4.79 Å². The van der Waals surface area contributed by atoms with E-state index in [1.165, 1.54) is 37.2 Å². The predicted molar refractivity (Wildman–Crippen MR) is 49.0 cm³/mol. The maximum absolute atomic E-state index is 11.3. The average molecular weight is 171 g/mol. The quantitative estimate of drug-likeness (QED) is 0.576. The molecular formula is C9H15OS+. The minimum Gasteiger partial charge on any atom is -0.294 e. The molecule has 0 atom stereocenters. The highest BCUT2D eigenvalue weighted by Gasteiger charge is 2.62. The Hall–Kier alpha value is 0.0200. The molecule has 2 fully saturated rings. The molecule has 0 bridgehead atoms. The lowest BCUT2D eigenvalue weighted by molar-refractivity contribution is -0.117. The van der Waals surface area contributed by atoms with Gasteiger partial charge in [-0.3, -0.25) is 4.79 Å². The molecule has 62 valence electrons. The summed E-state index contributed by atoms with van der Waals surface area (Å²) in [6.07, 6.45) is 5.15. The Morgan fingerprint density at radius 1 is 1.27 bits per heavy atom. The van der Waals surface area contributed by atoms with Crippen molar-refractivity contribution < 1.29 is 4.79 Å². The fourth-order valence-electron chi connectivity index (χ4n) is 2.00. The van der Waals surface area contributed by atoms with E-state index in [4.69, 9.17) is 0 Å². The predicted octanol–water partition coefficient (Wildman–Crippen LogP) is 1.52. The Morgan fingerprint density at radius 2 is 1.82 bits per heavy atom. The van der Waals surface area contributed by atoms with Gasteiger partial charge in [-0.15, -0.1) is 0 Å². The number of ketones is 1. The summed E-state index contributed by atoms with van der Waals surface area (Å²) >= 11 is 0. The van der Waals surface area contributed by atoms with Gasteiger partial charge >= 0.3 is 0 Å². The second-order valence-corrected chi connectivity index (χ2v) is 6.24. The minimum absolute atomic E-state index is 0.219. The first-order valence-corrected chi connectivity index (χ1v) is 6.01. The van der Waals surface area contributed by atoms with E-state index in [1.807, 2.05) is 0 Å². The van der Waals surface area contributed by atoms with Crippen LogP contribution in [0.2, 0.25) is 0 Å². The molecule has 2 rings (SSSR count). The van der Waals surface area contributed by atoms with Crippen molar-refractivity contribution in [1.29, 1.82) is 0 Å². The van der Waals surface area contributed by atoms with Crippen LogP contribution >= 0.6 is 0 Å². The number of Topliss-reactive ketones (excluding diaryl/α,β-unsaturated/α-hetero) is 1. The second-order valence-electron chi connectivity index (χ2n) is 3.66. The Morgan fingerprint density at radius 3 is 2.18 bits per heavy atom. The van der Waals surface area contributed by atoms with Crippen molar-refractivity contribution in [1.82, 2.24) is 0 Å². The van der Waals surface area contributed by atoms with Crippen molar-refractivity contribution in [2.45, 2.75) is 37.4 Å². The second kappa shape index (κ2) is 2.51. The van der Waals surface area contributed by atoms with Gasteiger partial charge in [0.15, 0.2) is 10.5 Å². The molecule has 1 saturated heterocycles. The van der Waals surface area contributed by atoms with Crippen LogP contribution in [0, 0.1) is 0 Å². The maximum Gasteiger partial charge on any atom is 0.185 e. The van der Waals surface area contributed by atoms with Gasteiger partial charge in [0.2, 0.25) is 0 Å². The number of hydrogen-bond acceptors (Lipinski definition) is 1. The SMILES string of the molecule is CC(=O)C1([S+]2CCCC2)CC1. The van der Waals surface area contributed by atoms with Crippen LogP contribution in [-0.4, -0.2) is 22.0 Å². The van der Waals surface area contributed by atoms with Gasteiger partial charge in [0, 0.05) is 23.7 Å². The lowest BCUT2D eigenvalue weighted by Gasteiger charge is -2.09. The third kappa shape index (κ3) is 1.12. The Labute approximate surface area is 70.9 Å². The van der Waals surface area contributed by atoms with E-state index in [1.54, 1.807) is 6.92 Å². The van der Waals surface area contributed by atoms with Crippen LogP contribution in [0.25, 0.3) is 0 Å². The van der Waals surface area contributed by atoms with Crippen LogP contribution in [0.4, 0.5) is 0 Å². The molecule has 1 aliphatic carbocycles. The normalized spacial score (nSPS) is 28.8. The summed E-state index contributed by atoms with van der Waals surface area (Å²) in [5.41, 5.74) is 0. The lowest BCUT2D eigenvalue weighted by Crippen LogP contribution is -2.32. The molecule has 0 N–H and O–H groups in total. The smallest absolute Gasteiger partial charge is 0.185 e. The molecule has 0 aromatic rings. The highest BCUT2D eigenvalue weighted by molar-refractivity contribution is 7.99. The van der Waals surface area contributed by atoms with Gasteiger partial charge in [0.25, 0.3) is 0 Å². The molecule has 11 heavy (non-hydrogen) atoms. The molecule has 0 aromatic heterocycles. The van der Waals surface area contributed by atoms with E-state index >= 15 is 0 Å². The third-order valence-corrected chi connectivity index (χ3v) is 6.29. The monoisotopic (exact) mass is 171 g/mol. The van der Waals surface area contributed by atoms with Crippen LogP contribution in [0.1, 0.15) is 32.6 Å². The number of hydrogen-bond donors (Lipinski definition) is 0. The first kappa shape index (κ1) is 7.66. The molecule has 1 heterocycles. The molecule has 2 aliphatic rings. The van der Waals surface area contributed by atoms with E-state index in [-0.39, 0.29) is 4.75 Å².